The highest BCUT2D eigenvalue weighted by Crippen LogP contribution is 2.25. The minimum absolute atomic E-state index is 0.00461. The second-order valence-electron chi connectivity index (χ2n) is 5.10. The van der Waals surface area contributed by atoms with Crippen molar-refractivity contribution in [2.24, 2.45) is 0 Å². The molecule has 4 nitrogen and oxygen atoms in total. The second-order valence-corrected chi connectivity index (χ2v) is 5.10. The second kappa shape index (κ2) is 4.71. The molecule has 18 heavy (non-hydrogen) atoms. The predicted molar refractivity (Wildman–Crippen MR) is 69.3 cm³/mol. The number of anilines is 1. The van der Waals surface area contributed by atoms with Crippen LogP contribution in [0.15, 0.2) is 24.3 Å². The molecule has 1 saturated heterocycles. The summed E-state index contributed by atoms with van der Waals surface area (Å²) in [5.74, 6) is 0.179. The van der Waals surface area contributed by atoms with Gasteiger partial charge in [-0.25, -0.2) is 0 Å². The molecule has 1 aliphatic heterocycles. The van der Waals surface area contributed by atoms with Gasteiger partial charge in [-0.1, -0.05) is 12.1 Å². The van der Waals surface area contributed by atoms with Crippen LogP contribution in [0, 0.1) is 0 Å². The maximum atomic E-state index is 12.2. The zero-order chi connectivity index (χ0) is 12.5. The molecule has 1 aromatic carbocycles. The molecule has 0 radical (unpaired) electrons. The van der Waals surface area contributed by atoms with Crippen molar-refractivity contribution >= 4 is 11.6 Å². The molecule has 0 aromatic heterocycles. The molecule has 1 atom stereocenters. The van der Waals surface area contributed by atoms with E-state index in [9.17, 15) is 4.79 Å². The van der Waals surface area contributed by atoms with Crippen LogP contribution in [-0.2, 0) is 11.4 Å². The smallest absolute Gasteiger partial charge is 0.244 e. The van der Waals surface area contributed by atoms with E-state index in [0.29, 0.717) is 6.04 Å². The van der Waals surface area contributed by atoms with E-state index in [1.807, 2.05) is 29.2 Å². The minimum Gasteiger partial charge on any atom is -0.392 e. The summed E-state index contributed by atoms with van der Waals surface area (Å²) in [6.45, 7) is 0.821. The maximum absolute atomic E-state index is 12.2. The van der Waals surface area contributed by atoms with Crippen molar-refractivity contribution in [3.63, 3.8) is 0 Å². The van der Waals surface area contributed by atoms with Gasteiger partial charge in [0, 0.05) is 18.3 Å². The lowest BCUT2D eigenvalue weighted by Gasteiger charge is -2.17. The predicted octanol–water partition coefficient (Wildman–Crippen LogP) is 1.04. The van der Waals surface area contributed by atoms with Gasteiger partial charge in [0.1, 0.15) is 0 Å². The largest absolute Gasteiger partial charge is 0.392 e. The standard InChI is InChI=1S/C14H18N2O2/c17-9-10-1-5-12(6-2-10)16-8-7-13(14(16)18)15-11-3-4-11/h1-2,5-6,11,13,15,17H,3-4,7-9H2. The summed E-state index contributed by atoms with van der Waals surface area (Å²) in [6, 6.07) is 8.10. The molecule has 2 fully saturated rings. The van der Waals surface area contributed by atoms with Crippen molar-refractivity contribution in [2.75, 3.05) is 11.4 Å². The Hall–Kier alpha value is -1.39. The number of nitrogens with one attached hydrogen (secondary N) is 1. The summed E-state index contributed by atoms with van der Waals surface area (Å²) in [4.78, 5) is 14.1. The lowest BCUT2D eigenvalue weighted by atomic mass is 10.2. The Morgan fingerprint density at radius 1 is 1.22 bits per heavy atom. The van der Waals surface area contributed by atoms with Crippen LogP contribution in [0.2, 0.25) is 0 Å². The van der Waals surface area contributed by atoms with Gasteiger partial charge in [0.2, 0.25) is 5.91 Å². The van der Waals surface area contributed by atoms with Gasteiger partial charge in [-0.3, -0.25) is 4.79 Å². The Bertz CT molecular complexity index is 440. The molecule has 1 amide bonds. The molecule has 2 aliphatic rings. The number of aliphatic hydroxyl groups is 1. The quantitative estimate of drug-likeness (QED) is 0.834. The van der Waals surface area contributed by atoms with Gasteiger partial charge in [0.05, 0.1) is 12.6 Å². The van der Waals surface area contributed by atoms with E-state index in [-0.39, 0.29) is 18.6 Å². The zero-order valence-electron chi connectivity index (χ0n) is 10.3. The third kappa shape index (κ3) is 2.26. The molecular formula is C14H18N2O2. The summed E-state index contributed by atoms with van der Waals surface area (Å²) >= 11 is 0. The molecule has 96 valence electrons. The number of carbonyl (C=O) groups excluding carboxylic acids is 1. The molecule has 0 bridgehead atoms. The highest BCUT2D eigenvalue weighted by Gasteiger charge is 2.36. The summed E-state index contributed by atoms with van der Waals surface area (Å²) in [5.41, 5.74) is 1.80. The van der Waals surface area contributed by atoms with Crippen molar-refractivity contribution in [2.45, 2.75) is 38.0 Å². The first-order valence-corrected chi connectivity index (χ1v) is 6.55. The number of rotatable bonds is 4. The first kappa shape index (κ1) is 11.7. The number of hydrogen-bond acceptors (Lipinski definition) is 3. The molecular weight excluding hydrogens is 228 g/mol. The van der Waals surface area contributed by atoms with Crippen molar-refractivity contribution in [1.29, 1.82) is 0 Å². The fourth-order valence-corrected chi connectivity index (χ4v) is 2.41. The first-order valence-electron chi connectivity index (χ1n) is 6.55. The Balaban J connectivity index is 1.69. The van der Waals surface area contributed by atoms with Gasteiger partial charge in [-0.15, -0.1) is 0 Å². The van der Waals surface area contributed by atoms with Crippen LogP contribution in [0.3, 0.4) is 0 Å². The van der Waals surface area contributed by atoms with E-state index in [2.05, 4.69) is 5.32 Å². The third-order valence-corrected chi connectivity index (χ3v) is 3.65. The van der Waals surface area contributed by atoms with Gasteiger partial charge in [0.25, 0.3) is 0 Å². The van der Waals surface area contributed by atoms with Crippen LogP contribution in [0.1, 0.15) is 24.8 Å². The fourth-order valence-electron chi connectivity index (χ4n) is 2.41. The van der Waals surface area contributed by atoms with Crippen molar-refractivity contribution < 1.29 is 9.90 Å². The van der Waals surface area contributed by atoms with Crippen LogP contribution in [0.25, 0.3) is 0 Å². The molecule has 0 spiro atoms. The lowest BCUT2D eigenvalue weighted by molar-refractivity contribution is -0.118. The van der Waals surface area contributed by atoms with Crippen LogP contribution in [0.5, 0.6) is 0 Å². The van der Waals surface area contributed by atoms with E-state index in [1.165, 1.54) is 12.8 Å². The molecule has 1 saturated carbocycles. The molecule has 2 N–H and O–H groups in total. The van der Waals surface area contributed by atoms with Crippen LogP contribution in [0.4, 0.5) is 5.69 Å². The number of aliphatic hydroxyl groups excluding tert-OH is 1. The molecule has 4 heteroatoms. The normalized spacial score (nSPS) is 23.7. The average Bonchev–Trinajstić information content (AvgIpc) is 3.15. The number of amides is 1. The van der Waals surface area contributed by atoms with Gasteiger partial charge < -0.3 is 15.3 Å². The first-order chi connectivity index (χ1) is 8.78. The molecule has 1 aliphatic carbocycles. The highest BCUT2D eigenvalue weighted by atomic mass is 16.3. The monoisotopic (exact) mass is 246 g/mol. The lowest BCUT2D eigenvalue weighted by Crippen LogP contribution is -2.39. The topological polar surface area (TPSA) is 52.6 Å². The van der Waals surface area contributed by atoms with Crippen molar-refractivity contribution in [1.82, 2.24) is 5.32 Å². The van der Waals surface area contributed by atoms with Crippen LogP contribution in [-0.4, -0.2) is 29.6 Å². The SMILES string of the molecule is O=C1C(NC2CC2)CCN1c1ccc(CO)cc1. The summed E-state index contributed by atoms with van der Waals surface area (Å²) < 4.78 is 0. The van der Waals surface area contributed by atoms with Crippen LogP contribution < -0.4 is 10.2 Å². The van der Waals surface area contributed by atoms with Gasteiger partial charge in [-0.05, 0) is 37.0 Å². The van der Waals surface area contributed by atoms with Crippen LogP contribution >= 0.6 is 0 Å². The summed E-state index contributed by atoms with van der Waals surface area (Å²) in [7, 11) is 0. The zero-order valence-corrected chi connectivity index (χ0v) is 10.3. The molecule has 1 unspecified atom stereocenters. The summed E-state index contributed by atoms with van der Waals surface area (Å²) in [5, 5.41) is 12.4. The van der Waals surface area contributed by atoms with Gasteiger partial charge in [-0.2, -0.15) is 0 Å². The number of hydrogen-bond donors (Lipinski definition) is 2. The molecule has 1 heterocycles. The van der Waals surface area contributed by atoms with E-state index in [1.54, 1.807) is 0 Å². The average molecular weight is 246 g/mol. The molecule has 1 aromatic rings. The Labute approximate surface area is 107 Å². The Morgan fingerprint density at radius 2 is 1.94 bits per heavy atom. The Kier molecular flexibility index (Phi) is 3.06. The third-order valence-electron chi connectivity index (χ3n) is 3.65. The van der Waals surface area contributed by atoms with Gasteiger partial charge in [0.15, 0.2) is 0 Å². The van der Waals surface area contributed by atoms with E-state index in [0.717, 1.165) is 24.2 Å². The number of carbonyl (C=O) groups is 1. The van der Waals surface area contributed by atoms with Crippen molar-refractivity contribution in [3.05, 3.63) is 29.8 Å². The maximum Gasteiger partial charge on any atom is 0.244 e. The highest BCUT2D eigenvalue weighted by molar-refractivity contribution is 5.99. The Morgan fingerprint density at radius 3 is 2.56 bits per heavy atom. The molecule has 3 rings (SSSR count). The fraction of sp³-hybridized carbons (Fsp3) is 0.500. The van der Waals surface area contributed by atoms with E-state index >= 15 is 0 Å². The number of benzene rings is 1. The van der Waals surface area contributed by atoms with Gasteiger partial charge >= 0.3 is 0 Å². The van der Waals surface area contributed by atoms with Crippen molar-refractivity contribution in [3.8, 4) is 0 Å². The van der Waals surface area contributed by atoms with E-state index < -0.39 is 0 Å². The number of nitrogens with zero attached hydrogens (tertiary/aromatic N) is 1. The minimum atomic E-state index is -0.00461. The summed E-state index contributed by atoms with van der Waals surface area (Å²) in [6.07, 6.45) is 3.29. The van der Waals surface area contributed by atoms with E-state index in [4.69, 9.17) is 5.11 Å².